The number of benzene rings is 1. The van der Waals surface area contributed by atoms with Gasteiger partial charge in [-0.15, -0.1) is 0 Å². The number of allylic oxidation sites excluding steroid dienone is 2. The maximum Gasteiger partial charge on any atom is 0.156 e. The highest BCUT2D eigenvalue weighted by Crippen LogP contribution is 2.24. The summed E-state index contributed by atoms with van der Waals surface area (Å²) in [5.41, 5.74) is 0. The molecule has 0 aromatic heterocycles. The van der Waals surface area contributed by atoms with Crippen molar-refractivity contribution in [1.29, 1.82) is 0 Å². The highest BCUT2D eigenvalue weighted by atomic mass is 32.2. The number of aldehydes is 1. The van der Waals surface area contributed by atoms with Crippen molar-refractivity contribution < 1.29 is 4.79 Å². The van der Waals surface area contributed by atoms with E-state index in [-0.39, 0.29) is 0 Å². The van der Waals surface area contributed by atoms with Gasteiger partial charge in [0.05, 0.1) is 0 Å². The van der Waals surface area contributed by atoms with Gasteiger partial charge in [-0.25, -0.2) is 0 Å². The van der Waals surface area contributed by atoms with Gasteiger partial charge < -0.3 is 0 Å². The molecule has 0 saturated heterocycles. The van der Waals surface area contributed by atoms with Crippen LogP contribution in [0, 0.1) is 0 Å². The molecule has 0 fully saturated rings. The number of carbonyl (C=O) groups excluding carboxylic acids is 1. The van der Waals surface area contributed by atoms with Crippen LogP contribution in [0.2, 0.25) is 0 Å². The Bertz CT molecular complexity index is 303. The van der Waals surface area contributed by atoms with Crippen molar-refractivity contribution in [3.05, 3.63) is 41.3 Å². The molecule has 1 aromatic rings. The van der Waals surface area contributed by atoms with Gasteiger partial charge in [0.15, 0.2) is 6.29 Å². The van der Waals surface area contributed by atoms with E-state index in [0.29, 0.717) is 0 Å². The summed E-state index contributed by atoms with van der Waals surface area (Å²) < 4.78 is 0. The summed E-state index contributed by atoms with van der Waals surface area (Å²) in [6.07, 6.45) is 4.96. The Labute approximate surface area is 89.2 Å². The van der Waals surface area contributed by atoms with Gasteiger partial charge in [0.2, 0.25) is 0 Å². The third kappa shape index (κ3) is 3.79. The Kier molecular flexibility index (Phi) is 5.08. The number of hydrogen-bond donors (Lipinski definition) is 0. The second-order valence-electron chi connectivity index (χ2n) is 2.93. The molecular weight excluding hydrogens is 192 g/mol. The predicted molar refractivity (Wildman–Crippen MR) is 61.4 cm³/mol. The number of rotatable bonds is 5. The average molecular weight is 206 g/mol. The summed E-state index contributed by atoms with van der Waals surface area (Å²) in [7, 11) is 0. The molecule has 0 atom stereocenters. The summed E-state index contributed by atoms with van der Waals surface area (Å²) in [4.78, 5) is 12.6. The van der Waals surface area contributed by atoms with Gasteiger partial charge in [-0.1, -0.05) is 49.4 Å². The number of hydrogen-bond acceptors (Lipinski definition) is 2. The molecule has 0 aliphatic heterocycles. The maximum atomic E-state index is 10.7. The van der Waals surface area contributed by atoms with Crippen LogP contribution in [0.5, 0.6) is 0 Å². The molecule has 0 unspecified atom stereocenters. The van der Waals surface area contributed by atoms with Crippen LogP contribution >= 0.6 is 11.8 Å². The maximum absolute atomic E-state index is 10.7. The van der Waals surface area contributed by atoms with Crippen LogP contribution in [0.1, 0.15) is 19.8 Å². The summed E-state index contributed by atoms with van der Waals surface area (Å²) in [6.45, 7) is 2.10. The quantitative estimate of drug-likeness (QED) is 0.415. The molecule has 74 valence electrons. The molecule has 0 bridgehead atoms. The lowest BCUT2D eigenvalue weighted by Crippen LogP contribution is -1.79. The van der Waals surface area contributed by atoms with E-state index in [1.807, 2.05) is 36.4 Å². The summed E-state index contributed by atoms with van der Waals surface area (Å²) >= 11 is 1.52. The summed E-state index contributed by atoms with van der Waals surface area (Å²) in [5.74, 6) is 0. The Morgan fingerprint density at radius 3 is 2.64 bits per heavy atom. The minimum Gasteiger partial charge on any atom is -0.297 e. The van der Waals surface area contributed by atoms with Crippen LogP contribution in [-0.2, 0) is 4.79 Å². The van der Waals surface area contributed by atoms with Gasteiger partial charge in [0.25, 0.3) is 0 Å². The molecule has 0 aliphatic rings. The van der Waals surface area contributed by atoms with Crippen molar-refractivity contribution in [2.24, 2.45) is 0 Å². The Morgan fingerprint density at radius 1 is 1.36 bits per heavy atom. The number of unbranched alkanes of at least 4 members (excludes halogenated alkanes) is 1. The standard InChI is InChI=1S/C12H14OS/c1-2-3-7-12(10-13)14-11-8-5-4-6-9-11/h4-10H,2-3H2,1H3/b12-7-. The zero-order chi connectivity index (χ0) is 10.2. The van der Waals surface area contributed by atoms with E-state index in [4.69, 9.17) is 0 Å². The van der Waals surface area contributed by atoms with Crippen molar-refractivity contribution >= 4 is 18.0 Å². The normalized spacial score (nSPS) is 11.4. The van der Waals surface area contributed by atoms with Gasteiger partial charge in [-0.05, 0) is 18.6 Å². The molecule has 0 heterocycles. The molecule has 0 amide bonds. The highest BCUT2D eigenvalue weighted by Gasteiger charge is 1.97. The van der Waals surface area contributed by atoms with Crippen molar-refractivity contribution in [3.63, 3.8) is 0 Å². The lowest BCUT2D eigenvalue weighted by atomic mass is 10.3. The lowest BCUT2D eigenvalue weighted by Gasteiger charge is -1.99. The van der Waals surface area contributed by atoms with Crippen LogP contribution in [0.25, 0.3) is 0 Å². The SMILES string of the molecule is CCC/C=C(/C=O)Sc1ccccc1. The van der Waals surface area contributed by atoms with E-state index in [1.165, 1.54) is 11.8 Å². The van der Waals surface area contributed by atoms with Crippen LogP contribution in [0.4, 0.5) is 0 Å². The van der Waals surface area contributed by atoms with E-state index in [2.05, 4.69) is 6.92 Å². The molecule has 14 heavy (non-hydrogen) atoms. The largest absolute Gasteiger partial charge is 0.297 e. The first-order valence-electron chi connectivity index (χ1n) is 4.75. The minimum absolute atomic E-state index is 0.804. The molecule has 0 spiro atoms. The molecule has 0 aliphatic carbocycles. The van der Waals surface area contributed by atoms with Gasteiger partial charge >= 0.3 is 0 Å². The number of carbonyl (C=O) groups is 1. The third-order valence-electron chi connectivity index (χ3n) is 1.73. The van der Waals surface area contributed by atoms with Crippen LogP contribution in [-0.4, -0.2) is 6.29 Å². The lowest BCUT2D eigenvalue weighted by molar-refractivity contribution is -0.104. The first-order valence-corrected chi connectivity index (χ1v) is 5.56. The second kappa shape index (κ2) is 6.44. The molecule has 0 N–H and O–H groups in total. The topological polar surface area (TPSA) is 17.1 Å². The molecule has 0 radical (unpaired) electrons. The summed E-state index contributed by atoms with van der Waals surface area (Å²) in [5, 5.41) is 0. The Balaban J connectivity index is 2.61. The van der Waals surface area contributed by atoms with Crippen LogP contribution < -0.4 is 0 Å². The van der Waals surface area contributed by atoms with Gasteiger partial charge in [-0.3, -0.25) is 4.79 Å². The zero-order valence-electron chi connectivity index (χ0n) is 8.27. The van der Waals surface area contributed by atoms with E-state index >= 15 is 0 Å². The van der Waals surface area contributed by atoms with Gasteiger partial charge in [0, 0.05) is 9.80 Å². The minimum atomic E-state index is 0.804. The molecule has 1 aromatic carbocycles. The van der Waals surface area contributed by atoms with Crippen LogP contribution in [0.15, 0.2) is 46.2 Å². The predicted octanol–water partition coefficient (Wildman–Crippen LogP) is 3.66. The van der Waals surface area contributed by atoms with Gasteiger partial charge in [0.1, 0.15) is 0 Å². The number of thioether (sulfide) groups is 1. The molecule has 1 nitrogen and oxygen atoms in total. The fraction of sp³-hybridized carbons (Fsp3) is 0.250. The summed E-state index contributed by atoms with van der Waals surface area (Å²) in [6, 6.07) is 9.94. The average Bonchev–Trinajstić information content (AvgIpc) is 2.25. The van der Waals surface area contributed by atoms with Crippen molar-refractivity contribution in [2.45, 2.75) is 24.7 Å². The Hall–Kier alpha value is -1.02. The molecule has 2 heteroatoms. The first-order chi connectivity index (χ1) is 6.86. The van der Waals surface area contributed by atoms with Crippen molar-refractivity contribution in [3.8, 4) is 0 Å². The van der Waals surface area contributed by atoms with Gasteiger partial charge in [-0.2, -0.15) is 0 Å². The van der Waals surface area contributed by atoms with E-state index in [9.17, 15) is 4.79 Å². The highest BCUT2D eigenvalue weighted by molar-refractivity contribution is 8.03. The first kappa shape index (κ1) is 11.1. The Morgan fingerprint density at radius 2 is 2.07 bits per heavy atom. The third-order valence-corrected chi connectivity index (χ3v) is 2.74. The van der Waals surface area contributed by atoms with Crippen LogP contribution in [0.3, 0.4) is 0 Å². The van der Waals surface area contributed by atoms with E-state index < -0.39 is 0 Å². The van der Waals surface area contributed by atoms with E-state index in [1.54, 1.807) is 0 Å². The fourth-order valence-corrected chi connectivity index (χ4v) is 1.84. The smallest absolute Gasteiger partial charge is 0.156 e. The zero-order valence-corrected chi connectivity index (χ0v) is 9.09. The van der Waals surface area contributed by atoms with E-state index in [0.717, 1.165) is 28.9 Å². The molecule has 0 saturated carbocycles. The fourth-order valence-electron chi connectivity index (χ4n) is 1.03. The van der Waals surface area contributed by atoms with Crippen molar-refractivity contribution in [1.82, 2.24) is 0 Å². The molecular formula is C12H14OS. The molecule has 1 rings (SSSR count). The second-order valence-corrected chi connectivity index (χ2v) is 4.08. The van der Waals surface area contributed by atoms with Crippen molar-refractivity contribution in [2.75, 3.05) is 0 Å². The monoisotopic (exact) mass is 206 g/mol.